The lowest BCUT2D eigenvalue weighted by Crippen LogP contribution is -2.19. The highest BCUT2D eigenvalue weighted by Gasteiger charge is 2.26. The van der Waals surface area contributed by atoms with E-state index >= 15 is 0 Å². The van der Waals surface area contributed by atoms with E-state index in [4.69, 9.17) is 4.52 Å². The molecule has 6 nitrogen and oxygen atoms in total. The number of rotatable bonds is 4. The number of nitrogens with zero attached hydrogens (tertiary/aromatic N) is 5. The van der Waals surface area contributed by atoms with Gasteiger partial charge in [0.1, 0.15) is 5.82 Å². The molecule has 1 unspecified atom stereocenters. The molecule has 0 saturated heterocycles. The second kappa shape index (κ2) is 6.44. The molecule has 1 aromatic carbocycles. The quantitative estimate of drug-likeness (QED) is 0.732. The van der Waals surface area contributed by atoms with Crippen LogP contribution in [0.1, 0.15) is 35.3 Å². The van der Waals surface area contributed by atoms with Crippen molar-refractivity contribution < 1.29 is 4.52 Å². The molecular weight excluding hydrogens is 314 g/mol. The zero-order valence-electron chi connectivity index (χ0n) is 14.9. The third-order valence-corrected chi connectivity index (χ3v) is 4.79. The Kier molecular flexibility index (Phi) is 4.13. The first-order valence-electron chi connectivity index (χ1n) is 8.69. The van der Waals surface area contributed by atoms with Crippen LogP contribution >= 0.6 is 0 Å². The first-order valence-corrected chi connectivity index (χ1v) is 8.69. The summed E-state index contributed by atoms with van der Waals surface area (Å²) in [4.78, 5) is 11.2. The van der Waals surface area contributed by atoms with Gasteiger partial charge < -0.3 is 14.0 Å². The van der Waals surface area contributed by atoms with E-state index in [-0.39, 0.29) is 5.92 Å². The Morgan fingerprint density at radius 1 is 1.24 bits per heavy atom. The fraction of sp³-hybridized carbons (Fsp3) is 0.421. The van der Waals surface area contributed by atoms with Gasteiger partial charge in [-0.2, -0.15) is 4.98 Å². The fourth-order valence-electron chi connectivity index (χ4n) is 3.44. The molecule has 3 heterocycles. The summed E-state index contributed by atoms with van der Waals surface area (Å²) < 4.78 is 7.84. The van der Waals surface area contributed by atoms with Crippen molar-refractivity contribution >= 4 is 0 Å². The van der Waals surface area contributed by atoms with Crippen molar-refractivity contribution in [1.29, 1.82) is 0 Å². The first-order chi connectivity index (χ1) is 12.1. The van der Waals surface area contributed by atoms with Gasteiger partial charge in [-0.25, -0.2) is 4.98 Å². The lowest BCUT2D eigenvalue weighted by atomic mass is 9.98. The van der Waals surface area contributed by atoms with E-state index < -0.39 is 0 Å². The molecule has 0 bridgehead atoms. The monoisotopic (exact) mass is 337 g/mol. The van der Waals surface area contributed by atoms with Gasteiger partial charge in [-0.15, -0.1) is 0 Å². The van der Waals surface area contributed by atoms with Crippen LogP contribution in [0.4, 0.5) is 0 Å². The maximum atomic E-state index is 5.58. The molecule has 3 aromatic rings. The Balaban J connectivity index is 1.52. The van der Waals surface area contributed by atoms with E-state index in [2.05, 4.69) is 63.0 Å². The van der Waals surface area contributed by atoms with Crippen molar-refractivity contribution in [2.24, 2.45) is 0 Å². The van der Waals surface area contributed by atoms with Crippen LogP contribution in [0, 0.1) is 6.92 Å². The summed E-state index contributed by atoms with van der Waals surface area (Å²) in [5, 5.41) is 4.20. The molecular formula is C19H23N5O. The standard InChI is InChI=1S/C19H23N5O/c1-13-20-10-17-9-8-16(12-24(13)17)19-21-18(22-25-19)15-6-4-14(5-7-15)11-23(2)3/h4-7,10,16H,8-9,11-12H2,1-3H3. The molecule has 25 heavy (non-hydrogen) atoms. The number of imidazole rings is 1. The van der Waals surface area contributed by atoms with Crippen LogP contribution in [-0.2, 0) is 19.5 Å². The highest BCUT2D eigenvalue weighted by molar-refractivity contribution is 5.54. The average molecular weight is 337 g/mol. The fourth-order valence-corrected chi connectivity index (χ4v) is 3.44. The van der Waals surface area contributed by atoms with E-state index in [1.54, 1.807) is 0 Å². The molecule has 130 valence electrons. The molecule has 4 rings (SSSR count). The third kappa shape index (κ3) is 3.22. The average Bonchev–Trinajstić information content (AvgIpc) is 3.22. The van der Waals surface area contributed by atoms with Crippen molar-refractivity contribution in [3.63, 3.8) is 0 Å². The van der Waals surface area contributed by atoms with Gasteiger partial charge >= 0.3 is 0 Å². The van der Waals surface area contributed by atoms with Crippen molar-refractivity contribution in [2.45, 2.75) is 38.8 Å². The SMILES string of the molecule is Cc1ncc2n1CC(c1nc(-c3ccc(CN(C)C)cc3)no1)CC2. The van der Waals surface area contributed by atoms with Gasteiger partial charge in [-0.1, -0.05) is 29.4 Å². The minimum atomic E-state index is 0.259. The van der Waals surface area contributed by atoms with Crippen LogP contribution in [0.15, 0.2) is 35.0 Å². The number of hydrogen-bond acceptors (Lipinski definition) is 5. The summed E-state index contributed by atoms with van der Waals surface area (Å²) in [5.41, 5.74) is 3.56. The third-order valence-electron chi connectivity index (χ3n) is 4.79. The van der Waals surface area contributed by atoms with E-state index in [1.807, 2.05) is 13.1 Å². The zero-order chi connectivity index (χ0) is 17.4. The van der Waals surface area contributed by atoms with Crippen LogP contribution in [0.3, 0.4) is 0 Å². The molecule has 0 N–H and O–H groups in total. The summed E-state index contributed by atoms with van der Waals surface area (Å²) in [6.45, 7) is 3.83. The molecule has 0 amide bonds. The molecule has 0 aliphatic carbocycles. The second-order valence-corrected chi connectivity index (χ2v) is 7.03. The van der Waals surface area contributed by atoms with Gasteiger partial charge in [0.25, 0.3) is 0 Å². The molecule has 0 saturated carbocycles. The Bertz CT molecular complexity index is 862. The number of aryl methyl sites for hydroxylation is 2. The van der Waals surface area contributed by atoms with Gasteiger partial charge in [0.2, 0.25) is 11.7 Å². The van der Waals surface area contributed by atoms with Crippen LogP contribution in [-0.4, -0.2) is 38.7 Å². The largest absolute Gasteiger partial charge is 0.339 e. The van der Waals surface area contributed by atoms with Crippen molar-refractivity contribution in [2.75, 3.05) is 14.1 Å². The van der Waals surface area contributed by atoms with E-state index in [1.165, 1.54) is 11.3 Å². The van der Waals surface area contributed by atoms with Crippen LogP contribution in [0.2, 0.25) is 0 Å². The van der Waals surface area contributed by atoms with E-state index in [0.717, 1.165) is 43.2 Å². The minimum absolute atomic E-state index is 0.259. The number of hydrogen-bond donors (Lipinski definition) is 0. The maximum Gasteiger partial charge on any atom is 0.231 e. The second-order valence-electron chi connectivity index (χ2n) is 7.03. The van der Waals surface area contributed by atoms with Crippen molar-refractivity contribution in [3.8, 4) is 11.4 Å². The first kappa shape index (κ1) is 16.0. The highest BCUT2D eigenvalue weighted by atomic mass is 16.5. The number of aromatic nitrogens is 4. The van der Waals surface area contributed by atoms with Gasteiger partial charge in [0.05, 0.1) is 5.92 Å². The summed E-state index contributed by atoms with van der Waals surface area (Å²) in [6.07, 6.45) is 4.00. The Hall–Kier alpha value is -2.47. The molecule has 6 heteroatoms. The Morgan fingerprint density at radius 3 is 2.80 bits per heavy atom. The summed E-state index contributed by atoms with van der Waals surface area (Å²) >= 11 is 0. The molecule has 2 aromatic heterocycles. The smallest absolute Gasteiger partial charge is 0.231 e. The van der Waals surface area contributed by atoms with Gasteiger partial charge in [-0.3, -0.25) is 0 Å². The molecule has 1 aliphatic heterocycles. The number of fused-ring (bicyclic) bond motifs is 1. The Labute approximate surface area is 147 Å². The van der Waals surface area contributed by atoms with Crippen molar-refractivity contribution in [3.05, 3.63) is 53.4 Å². The van der Waals surface area contributed by atoms with Gasteiger partial charge in [0.15, 0.2) is 0 Å². The topological polar surface area (TPSA) is 60.0 Å². The predicted octanol–water partition coefficient (Wildman–Crippen LogP) is 3.03. The number of benzene rings is 1. The summed E-state index contributed by atoms with van der Waals surface area (Å²) in [6, 6.07) is 8.36. The molecule has 0 radical (unpaired) electrons. The lowest BCUT2D eigenvalue weighted by Gasteiger charge is -2.22. The maximum absolute atomic E-state index is 5.58. The Morgan fingerprint density at radius 2 is 2.04 bits per heavy atom. The minimum Gasteiger partial charge on any atom is -0.339 e. The van der Waals surface area contributed by atoms with E-state index in [0.29, 0.717) is 5.82 Å². The molecule has 1 aliphatic rings. The van der Waals surface area contributed by atoms with Crippen molar-refractivity contribution in [1.82, 2.24) is 24.6 Å². The van der Waals surface area contributed by atoms with Gasteiger partial charge in [-0.05, 0) is 39.4 Å². The van der Waals surface area contributed by atoms with Gasteiger partial charge in [0, 0.05) is 30.5 Å². The summed E-state index contributed by atoms with van der Waals surface area (Å²) in [5.74, 6) is 2.70. The molecule has 0 fully saturated rings. The highest BCUT2D eigenvalue weighted by Crippen LogP contribution is 2.30. The normalized spacial score (nSPS) is 17.0. The summed E-state index contributed by atoms with van der Waals surface area (Å²) in [7, 11) is 4.13. The van der Waals surface area contributed by atoms with Crippen LogP contribution < -0.4 is 0 Å². The molecule has 1 atom stereocenters. The zero-order valence-corrected chi connectivity index (χ0v) is 14.9. The lowest BCUT2D eigenvalue weighted by molar-refractivity contribution is 0.316. The molecule has 0 spiro atoms. The van der Waals surface area contributed by atoms with E-state index in [9.17, 15) is 0 Å². The van der Waals surface area contributed by atoms with Crippen LogP contribution in [0.25, 0.3) is 11.4 Å². The van der Waals surface area contributed by atoms with Crippen LogP contribution in [0.5, 0.6) is 0 Å². The predicted molar refractivity (Wildman–Crippen MR) is 95.2 cm³/mol.